The Hall–Kier alpha value is -3.14. The second-order valence-electron chi connectivity index (χ2n) is 7.91. The van der Waals surface area contributed by atoms with Gasteiger partial charge in [-0.05, 0) is 69.1 Å². The fourth-order valence-electron chi connectivity index (χ4n) is 4.02. The smallest absolute Gasteiger partial charge is 0.107 e. The average Bonchev–Trinajstić information content (AvgIpc) is 3.31. The number of piperidine rings is 1. The first-order valence-electron chi connectivity index (χ1n) is 10.9. The third-order valence-electron chi connectivity index (χ3n) is 5.61. The Morgan fingerprint density at radius 3 is 2.57 bits per heavy atom. The minimum absolute atomic E-state index is 0.732. The summed E-state index contributed by atoms with van der Waals surface area (Å²) in [5.41, 5.74) is 14.5. The monoisotopic (exact) mass is 401 g/mol. The SMILES string of the molecule is C=C(Nc1ccc(CCCN2CCCCC2)cc1)Nc1ccccc1C1=C=CNN1. The van der Waals surface area contributed by atoms with Crippen molar-refractivity contribution in [3.63, 3.8) is 0 Å². The van der Waals surface area contributed by atoms with Gasteiger partial charge in [-0.2, -0.15) is 0 Å². The first kappa shape index (κ1) is 20.1. The van der Waals surface area contributed by atoms with Gasteiger partial charge in [-0.15, -0.1) is 0 Å². The Kier molecular flexibility index (Phi) is 6.75. The van der Waals surface area contributed by atoms with Crippen molar-refractivity contribution >= 4 is 17.1 Å². The largest absolute Gasteiger partial charge is 0.342 e. The molecule has 156 valence electrons. The number of nitrogens with zero attached hydrogens (tertiary/aromatic N) is 1. The minimum atomic E-state index is 0.732. The van der Waals surface area contributed by atoms with Crippen LogP contribution < -0.4 is 21.5 Å². The molecule has 2 aromatic carbocycles. The van der Waals surface area contributed by atoms with Gasteiger partial charge >= 0.3 is 0 Å². The summed E-state index contributed by atoms with van der Waals surface area (Å²) in [6.45, 7) is 7.91. The van der Waals surface area contributed by atoms with Crippen LogP contribution in [-0.4, -0.2) is 24.5 Å². The third kappa shape index (κ3) is 5.47. The van der Waals surface area contributed by atoms with Crippen LogP contribution in [0.15, 0.2) is 72.9 Å². The Morgan fingerprint density at radius 1 is 1.00 bits per heavy atom. The van der Waals surface area contributed by atoms with Crippen molar-refractivity contribution < 1.29 is 0 Å². The highest BCUT2D eigenvalue weighted by molar-refractivity contribution is 5.76. The average molecular weight is 402 g/mol. The highest BCUT2D eigenvalue weighted by atomic mass is 15.4. The molecule has 0 aliphatic carbocycles. The lowest BCUT2D eigenvalue weighted by Crippen LogP contribution is -2.30. The first-order chi connectivity index (χ1) is 14.8. The topological polar surface area (TPSA) is 51.4 Å². The summed E-state index contributed by atoms with van der Waals surface area (Å²) in [5, 5.41) is 6.72. The quantitative estimate of drug-likeness (QED) is 0.461. The predicted molar refractivity (Wildman–Crippen MR) is 126 cm³/mol. The summed E-state index contributed by atoms with van der Waals surface area (Å²) in [7, 11) is 0. The van der Waals surface area contributed by atoms with Crippen LogP contribution in [-0.2, 0) is 6.42 Å². The van der Waals surface area contributed by atoms with Crippen LogP contribution in [0.3, 0.4) is 0 Å². The summed E-state index contributed by atoms with van der Waals surface area (Å²) >= 11 is 0. The van der Waals surface area contributed by atoms with Gasteiger partial charge in [-0.25, -0.2) is 0 Å². The Bertz CT molecular complexity index is 919. The van der Waals surface area contributed by atoms with E-state index < -0.39 is 0 Å². The van der Waals surface area contributed by atoms with E-state index in [1.807, 2.05) is 24.3 Å². The maximum atomic E-state index is 4.14. The number of aryl methyl sites for hydroxylation is 1. The molecule has 4 N–H and O–H groups in total. The van der Waals surface area contributed by atoms with Crippen molar-refractivity contribution in [2.45, 2.75) is 32.1 Å². The normalized spacial score (nSPS) is 15.8. The summed E-state index contributed by atoms with van der Waals surface area (Å²) in [5.74, 6) is 0.732. The van der Waals surface area contributed by atoms with Crippen molar-refractivity contribution in [2.24, 2.45) is 0 Å². The van der Waals surface area contributed by atoms with Crippen molar-refractivity contribution in [1.29, 1.82) is 0 Å². The van der Waals surface area contributed by atoms with Crippen molar-refractivity contribution in [3.8, 4) is 0 Å². The van der Waals surface area contributed by atoms with Gasteiger partial charge in [0.15, 0.2) is 0 Å². The van der Waals surface area contributed by atoms with E-state index in [1.165, 1.54) is 50.9 Å². The summed E-state index contributed by atoms with van der Waals surface area (Å²) in [6.07, 6.45) is 8.25. The van der Waals surface area contributed by atoms with Crippen LogP contribution >= 0.6 is 0 Å². The van der Waals surface area contributed by atoms with Gasteiger partial charge in [0, 0.05) is 16.9 Å². The molecule has 30 heavy (non-hydrogen) atoms. The van der Waals surface area contributed by atoms with E-state index in [1.54, 1.807) is 6.20 Å². The van der Waals surface area contributed by atoms with Gasteiger partial charge in [0.2, 0.25) is 0 Å². The van der Waals surface area contributed by atoms with Gasteiger partial charge in [0.25, 0.3) is 0 Å². The molecular formula is C25H31N5. The molecule has 2 heterocycles. The van der Waals surface area contributed by atoms with Gasteiger partial charge in [-0.1, -0.05) is 49.1 Å². The number of benzene rings is 2. The van der Waals surface area contributed by atoms with E-state index >= 15 is 0 Å². The van der Waals surface area contributed by atoms with E-state index in [0.717, 1.165) is 34.9 Å². The lowest BCUT2D eigenvalue weighted by Gasteiger charge is -2.26. The number of likely N-dealkylation sites (tertiary alicyclic amines) is 1. The highest BCUT2D eigenvalue weighted by Gasteiger charge is 2.10. The number of rotatable bonds is 9. The molecule has 4 rings (SSSR count). The zero-order chi connectivity index (χ0) is 20.6. The molecule has 0 aromatic heterocycles. The van der Waals surface area contributed by atoms with Gasteiger partial charge in [-0.3, -0.25) is 10.9 Å². The lowest BCUT2D eigenvalue weighted by molar-refractivity contribution is 0.226. The molecule has 2 aliphatic rings. The molecule has 0 bridgehead atoms. The van der Waals surface area contributed by atoms with Crippen molar-refractivity contribution in [2.75, 3.05) is 30.3 Å². The second-order valence-corrected chi connectivity index (χ2v) is 7.91. The summed E-state index contributed by atoms with van der Waals surface area (Å²) in [4.78, 5) is 2.61. The van der Waals surface area contributed by atoms with Crippen molar-refractivity contribution in [1.82, 2.24) is 15.8 Å². The number of nitrogens with one attached hydrogen (secondary N) is 4. The lowest BCUT2D eigenvalue weighted by atomic mass is 10.1. The molecule has 5 nitrogen and oxygen atoms in total. The minimum Gasteiger partial charge on any atom is -0.342 e. The fraction of sp³-hybridized carbons (Fsp3) is 0.320. The standard InChI is InChI=1S/C25H31N5/c1-20(28-24-10-4-3-9-23(24)25-15-16-26-29-25)27-22-13-11-21(12-14-22)8-7-19-30-17-5-2-6-18-30/h3-4,9-14,16,26-29H,1-2,5-8,17-19H2. The molecule has 2 aromatic rings. The molecule has 1 saturated heterocycles. The number of hydrogen-bond acceptors (Lipinski definition) is 5. The third-order valence-corrected chi connectivity index (χ3v) is 5.61. The maximum absolute atomic E-state index is 4.14. The van der Waals surface area contributed by atoms with E-state index in [4.69, 9.17) is 0 Å². The van der Waals surface area contributed by atoms with Crippen molar-refractivity contribution in [3.05, 3.63) is 84.0 Å². The fourth-order valence-corrected chi connectivity index (χ4v) is 4.02. The molecule has 0 radical (unpaired) electrons. The number of para-hydroxylation sites is 1. The zero-order valence-corrected chi connectivity index (χ0v) is 17.5. The van der Waals surface area contributed by atoms with E-state index in [2.05, 4.69) is 63.0 Å². The Balaban J connectivity index is 1.27. The maximum Gasteiger partial charge on any atom is 0.107 e. The van der Waals surface area contributed by atoms with Crippen LogP contribution in [0.5, 0.6) is 0 Å². The second kappa shape index (κ2) is 10.1. The van der Waals surface area contributed by atoms with Gasteiger partial charge < -0.3 is 15.5 Å². The molecule has 1 fully saturated rings. The number of hydrogen-bond donors (Lipinski definition) is 4. The molecule has 0 atom stereocenters. The Labute approximate surface area is 179 Å². The van der Waals surface area contributed by atoms with Crippen LogP contribution in [0.1, 0.15) is 36.8 Å². The first-order valence-corrected chi connectivity index (χ1v) is 10.9. The molecule has 0 unspecified atom stereocenters. The molecule has 0 amide bonds. The van der Waals surface area contributed by atoms with E-state index in [9.17, 15) is 0 Å². The molecular weight excluding hydrogens is 370 g/mol. The van der Waals surface area contributed by atoms with Crippen LogP contribution in [0.4, 0.5) is 11.4 Å². The van der Waals surface area contributed by atoms with E-state index in [0.29, 0.717) is 0 Å². The summed E-state index contributed by atoms with van der Waals surface area (Å²) < 4.78 is 0. The highest BCUT2D eigenvalue weighted by Crippen LogP contribution is 2.23. The Morgan fingerprint density at radius 2 is 1.80 bits per heavy atom. The molecule has 5 heteroatoms. The van der Waals surface area contributed by atoms with Gasteiger partial charge in [0.05, 0.1) is 6.20 Å². The molecule has 2 aliphatic heterocycles. The molecule has 0 saturated carbocycles. The predicted octanol–water partition coefficient (Wildman–Crippen LogP) is 4.66. The van der Waals surface area contributed by atoms with E-state index in [-0.39, 0.29) is 0 Å². The number of hydrazine groups is 1. The molecule has 0 spiro atoms. The summed E-state index contributed by atoms with van der Waals surface area (Å²) in [6, 6.07) is 16.8. The van der Waals surface area contributed by atoms with Crippen LogP contribution in [0.2, 0.25) is 0 Å². The zero-order valence-electron chi connectivity index (χ0n) is 17.5. The van der Waals surface area contributed by atoms with Crippen LogP contribution in [0.25, 0.3) is 5.70 Å². The van der Waals surface area contributed by atoms with Gasteiger partial charge in [0.1, 0.15) is 11.5 Å². The van der Waals surface area contributed by atoms with Crippen LogP contribution in [0, 0.1) is 0 Å². The number of anilines is 2.